The topological polar surface area (TPSA) is 88.5 Å². The van der Waals surface area contributed by atoms with Gasteiger partial charge in [0.15, 0.2) is 11.4 Å². The molecule has 0 spiro atoms. The van der Waals surface area contributed by atoms with Crippen molar-refractivity contribution in [3.63, 3.8) is 0 Å². The molecule has 0 unspecified atom stereocenters. The van der Waals surface area contributed by atoms with Gasteiger partial charge in [-0.25, -0.2) is 14.6 Å². The van der Waals surface area contributed by atoms with Crippen LogP contribution < -0.4 is 5.32 Å². The van der Waals surface area contributed by atoms with E-state index >= 15 is 0 Å². The number of pyridine rings is 1. The van der Waals surface area contributed by atoms with E-state index in [2.05, 4.69) is 15.0 Å². The van der Waals surface area contributed by atoms with Crippen molar-refractivity contribution in [1.29, 1.82) is 0 Å². The number of methoxy groups -OCH3 is 1. The van der Waals surface area contributed by atoms with Gasteiger partial charge in [-0.3, -0.25) is 0 Å². The maximum absolute atomic E-state index is 13.2. The van der Waals surface area contributed by atoms with Gasteiger partial charge in [0.25, 0.3) is 0 Å². The number of alkyl halides is 6. The Balaban J connectivity index is 4.12. The number of carboxylic acid groups (broad SMARTS) is 1. The Hall–Kier alpha value is -2.53. The van der Waals surface area contributed by atoms with Crippen LogP contribution in [0.15, 0.2) is 0 Å². The summed E-state index contributed by atoms with van der Waals surface area (Å²) in [5.74, 6) is -3.89. The van der Waals surface area contributed by atoms with Gasteiger partial charge >= 0.3 is 24.3 Å². The van der Waals surface area contributed by atoms with Gasteiger partial charge in [-0.1, -0.05) is 0 Å². The molecule has 0 fully saturated rings. The monoisotopic (exact) mass is 374 g/mol. The number of nitrogens with zero attached hydrogens (tertiary/aromatic N) is 1. The number of hydrogen-bond donors (Lipinski definition) is 2. The molecule has 2 N–H and O–H groups in total. The van der Waals surface area contributed by atoms with E-state index in [1.54, 1.807) is 0 Å². The summed E-state index contributed by atoms with van der Waals surface area (Å²) in [4.78, 5) is 25.4. The zero-order valence-corrected chi connectivity index (χ0v) is 13.0. The molecule has 0 aliphatic carbocycles. The van der Waals surface area contributed by atoms with Crippen LogP contribution in [0.1, 0.15) is 46.0 Å². The number of aromatic carboxylic acids is 1. The second-order valence-electron chi connectivity index (χ2n) is 5.03. The van der Waals surface area contributed by atoms with Crippen molar-refractivity contribution < 1.29 is 45.8 Å². The van der Waals surface area contributed by atoms with E-state index < -0.39 is 58.5 Å². The number of ether oxygens (including phenoxy) is 1. The molecule has 1 rings (SSSR count). The molecule has 0 aromatic carbocycles. The second kappa shape index (κ2) is 6.76. The molecule has 0 radical (unpaired) electrons. The lowest BCUT2D eigenvalue weighted by Crippen LogP contribution is -2.28. The molecule has 12 heteroatoms. The highest BCUT2D eigenvalue weighted by atomic mass is 19.4. The summed E-state index contributed by atoms with van der Waals surface area (Å²) >= 11 is 0. The van der Waals surface area contributed by atoms with Crippen LogP contribution in [0.3, 0.4) is 0 Å². The maximum atomic E-state index is 13.2. The Morgan fingerprint density at radius 1 is 1.04 bits per heavy atom. The summed E-state index contributed by atoms with van der Waals surface area (Å²) in [6.45, 7) is 2.65. The second-order valence-corrected chi connectivity index (χ2v) is 5.03. The van der Waals surface area contributed by atoms with Crippen molar-refractivity contribution in [3.05, 3.63) is 22.5 Å². The first-order valence-corrected chi connectivity index (χ1v) is 6.52. The fourth-order valence-electron chi connectivity index (χ4n) is 1.94. The summed E-state index contributed by atoms with van der Waals surface area (Å²) in [5.41, 5.74) is -8.67. The highest BCUT2D eigenvalue weighted by molar-refractivity contribution is 6.05. The molecular weight excluding hydrogens is 362 g/mol. The van der Waals surface area contributed by atoms with E-state index in [9.17, 15) is 35.9 Å². The summed E-state index contributed by atoms with van der Waals surface area (Å²) in [7, 11) is 0.694. The van der Waals surface area contributed by atoms with Crippen LogP contribution in [-0.2, 0) is 17.1 Å². The number of esters is 1. The number of carbonyl (C=O) groups is 2. The van der Waals surface area contributed by atoms with Gasteiger partial charge in [-0.05, 0) is 13.8 Å². The lowest BCUT2D eigenvalue weighted by atomic mass is 10.0. The highest BCUT2D eigenvalue weighted by Gasteiger charge is 2.47. The van der Waals surface area contributed by atoms with Crippen LogP contribution in [0.2, 0.25) is 0 Å². The zero-order valence-electron chi connectivity index (χ0n) is 13.0. The van der Waals surface area contributed by atoms with Crippen molar-refractivity contribution in [1.82, 2.24) is 4.98 Å². The Morgan fingerprint density at radius 2 is 1.48 bits per heavy atom. The Morgan fingerprint density at radius 3 is 1.80 bits per heavy atom. The molecular formula is C13H12F6N2O4. The third-order valence-electron chi connectivity index (χ3n) is 2.77. The number of rotatable bonds is 4. The molecule has 25 heavy (non-hydrogen) atoms. The van der Waals surface area contributed by atoms with E-state index in [-0.39, 0.29) is 0 Å². The molecule has 0 atom stereocenters. The quantitative estimate of drug-likeness (QED) is 0.620. The largest absolute Gasteiger partial charge is 0.478 e. The first kappa shape index (κ1) is 20.5. The Bertz CT molecular complexity index is 697. The average Bonchev–Trinajstić information content (AvgIpc) is 2.42. The fourth-order valence-corrected chi connectivity index (χ4v) is 1.94. The number of aromatic nitrogens is 1. The number of hydrogen-bond acceptors (Lipinski definition) is 5. The fraction of sp³-hybridized carbons (Fsp3) is 0.462. The van der Waals surface area contributed by atoms with Crippen molar-refractivity contribution in [2.45, 2.75) is 32.2 Å². The van der Waals surface area contributed by atoms with E-state index in [1.165, 1.54) is 13.8 Å². The van der Waals surface area contributed by atoms with E-state index in [1.807, 2.05) is 0 Å². The normalized spacial score (nSPS) is 12.2. The molecule has 1 heterocycles. The van der Waals surface area contributed by atoms with Gasteiger partial charge < -0.3 is 15.2 Å². The standard InChI is InChI=1S/C13H12F6N2O4/c1-4(2)20-7-5(10(22)23)8(12(14,15)16)21-9(13(17,18)19)6(7)11(24)25-3/h4H,1-3H3,(H,20,21)(H,22,23). The summed E-state index contributed by atoms with van der Waals surface area (Å²) in [6.07, 6.45) is -11.0. The van der Waals surface area contributed by atoms with Crippen LogP contribution in [-0.4, -0.2) is 35.2 Å². The average molecular weight is 374 g/mol. The van der Waals surface area contributed by atoms with Crippen molar-refractivity contribution in [3.8, 4) is 0 Å². The molecule has 1 aromatic heterocycles. The molecule has 0 saturated carbocycles. The van der Waals surface area contributed by atoms with Gasteiger partial charge in [0.1, 0.15) is 11.1 Å². The van der Waals surface area contributed by atoms with Gasteiger partial charge in [0.2, 0.25) is 0 Å². The first-order valence-electron chi connectivity index (χ1n) is 6.52. The van der Waals surface area contributed by atoms with Gasteiger partial charge in [0, 0.05) is 6.04 Å². The minimum Gasteiger partial charge on any atom is -0.478 e. The number of carbonyl (C=O) groups excluding carboxylic acids is 1. The van der Waals surface area contributed by atoms with Crippen LogP contribution >= 0.6 is 0 Å². The maximum Gasteiger partial charge on any atom is 0.434 e. The molecule has 140 valence electrons. The lowest BCUT2D eigenvalue weighted by molar-refractivity contribution is -0.150. The molecule has 0 bridgehead atoms. The predicted molar refractivity (Wildman–Crippen MR) is 71.3 cm³/mol. The van der Waals surface area contributed by atoms with Crippen molar-refractivity contribution >= 4 is 17.6 Å². The van der Waals surface area contributed by atoms with Crippen LogP contribution in [0.4, 0.5) is 32.0 Å². The third kappa shape index (κ3) is 4.31. The van der Waals surface area contributed by atoms with E-state index in [0.717, 1.165) is 0 Å². The number of carboxylic acids is 1. The minimum atomic E-state index is -5.50. The number of halogens is 6. The number of nitrogens with one attached hydrogen (secondary N) is 1. The predicted octanol–water partition coefficient (Wildman–Crippen LogP) is 3.42. The van der Waals surface area contributed by atoms with Crippen molar-refractivity contribution in [2.24, 2.45) is 0 Å². The SMILES string of the molecule is COC(=O)c1c(C(F)(F)F)nc(C(F)(F)F)c(C(=O)O)c1NC(C)C. The third-order valence-corrected chi connectivity index (χ3v) is 2.77. The van der Waals surface area contributed by atoms with Gasteiger partial charge in [-0.15, -0.1) is 0 Å². The van der Waals surface area contributed by atoms with Crippen LogP contribution in [0.5, 0.6) is 0 Å². The van der Waals surface area contributed by atoms with Gasteiger partial charge in [-0.2, -0.15) is 26.3 Å². The lowest BCUT2D eigenvalue weighted by Gasteiger charge is -2.22. The molecule has 1 aromatic rings. The Labute approximate surface area is 136 Å². The molecule has 0 amide bonds. The summed E-state index contributed by atoms with van der Waals surface area (Å²) < 4.78 is 82.8. The van der Waals surface area contributed by atoms with Crippen molar-refractivity contribution in [2.75, 3.05) is 12.4 Å². The Kier molecular flexibility index (Phi) is 5.55. The van der Waals surface area contributed by atoms with Gasteiger partial charge in [0.05, 0.1) is 12.8 Å². The first-order chi connectivity index (χ1) is 11.2. The molecule has 0 aliphatic rings. The highest BCUT2D eigenvalue weighted by Crippen LogP contribution is 2.41. The van der Waals surface area contributed by atoms with Crippen LogP contribution in [0, 0.1) is 0 Å². The molecule has 0 aliphatic heterocycles. The number of anilines is 1. The van der Waals surface area contributed by atoms with E-state index in [0.29, 0.717) is 7.11 Å². The zero-order chi connectivity index (χ0) is 19.7. The smallest absolute Gasteiger partial charge is 0.434 e. The molecule has 0 saturated heterocycles. The summed E-state index contributed by atoms with van der Waals surface area (Å²) in [6, 6.07) is -0.800. The van der Waals surface area contributed by atoms with Crippen LogP contribution in [0.25, 0.3) is 0 Å². The molecule has 6 nitrogen and oxygen atoms in total. The minimum absolute atomic E-state index is 0.694. The summed E-state index contributed by atoms with van der Waals surface area (Å²) in [5, 5.41) is 11.2. The van der Waals surface area contributed by atoms with E-state index in [4.69, 9.17) is 5.11 Å².